The first-order valence-corrected chi connectivity index (χ1v) is 12.1. The van der Waals surface area contributed by atoms with E-state index in [2.05, 4.69) is 61.5 Å². The van der Waals surface area contributed by atoms with Crippen LogP contribution < -0.4 is 4.90 Å². The van der Waals surface area contributed by atoms with E-state index in [-0.39, 0.29) is 13.2 Å². The number of aliphatic hydroxyl groups is 1. The average Bonchev–Trinajstić information content (AvgIpc) is 3.26. The van der Waals surface area contributed by atoms with Crippen LogP contribution in [0.5, 0.6) is 0 Å². The molecule has 9 nitrogen and oxygen atoms in total. The van der Waals surface area contributed by atoms with Crippen LogP contribution in [0, 0.1) is 0 Å². The van der Waals surface area contributed by atoms with Gasteiger partial charge < -0.3 is 19.7 Å². The van der Waals surface area contributed by atoms with Crippen LogP contribution in [0.3, 0.4) is 0 Å². The molecule has 0 spiro atoms. The molecule has 4 heterocycles. The maximum Gasteiger partial charge on any atom is 0.200 e. The minimum absolute atomic E-state index is 0.0693. The monoisotopic (exact) mass is 477 g/mol. The molecule has 1 aliphatic heterocycles. The summed E-state index contributed by atoms with van der Waals surface area (Å²) >= 11 is 1.56. The Kier molecular flexibility index (Phi) is 6.61. The molecule has 1 aliphatic rings. The quantitative estimate of drug-likeness (QED) is 0.247. The second-order valence-electron chi connectivity index (χ2n) is 8.30. The van der Waals surface area contributed by atoms with Gasteiger partial charge >= 0.3 is 0 Å². The molecule has 0 saturated carbocycles. The van der Waals surface area contributed by atoms with Gasteiger partial charge in [-0.1, -0.05) is 5.16 Å². The smallest absolute Gasteiger partial charge is 0.200 e. The van der Waals surface area contributed by atoms with E-state index in [0.717, 1.165) is 58.3 Å². The average molecular weight is 478 g/mol. The van der Waals surface area contributed by atoms with Gasteiger partial charge in [0.25, 0.3) is 0 Å². The van der Waals surface area contributed by atoms with E-state index in [9.17, 15) is 0 Å². The lowest BCUT2D eigenvalue weighted by atomic mass is 10.2. The highest BCUT2D eigenvalue weighted by Gasteiger charge is 2.15. The molecule has 0 bridgehead atoms. The zero-order valence-corrected chi connectivity index (χ0v) is 20.1. The standard InChI is InChI=1S/C24H27N7O2S/c1-17(28-33-12-11-32)18-3-6-23-26-27-24(31(23)16-18)34-21-4-5-22-19(14-21)13-20(15-25-22)30-9-7-29(2)8-10-30/h3-6,13-16,32H,7-12H2,1-2H3/b28-17+. The molecule has 5 rings (SSSR count). The van der Waals surface area contributed by atoms with E-state index >= 15 is 0 Å². The van der Waals surface area contributed by atoms with Crippen molar-refractivity contribution in [1.29, 1.82) is 0 Å². The van der Waals surface area contributed by atoms with Crippen molar-refractivity contribution in [3.05, 3.63) is 54.4 Å². The lowest BCUT2D eigenvalue weighted by Gasteiger charge is -2.33. The predicted molar refractivity (Wildman–Crippen MR) is 134 cm³/mol. The summed E-state index contributed by atoms with van der Waals surface area (Å²) in [6.45, 7) is 6.12. The van der Waals surface area contributed by atoms with Gasteiger partial charge in [-0.3, -0.25) is 9.38 Å². The Hall–Kier alpha value is -3.21. The number of aliphatic hydroxyl groups excluding tert-OH is 1. The van der Waals surface area contributed by atoms with Gasteiger partial charge in [-0.2, -0.15) is 0 Å². The highest BCUT2D eigenvalue weighted by atomic mass is 32.2. The summed E-state index contributed by atoms with van der Waals surface area (Å²) in [7, 11) is 2.16. The number of benzene rings is 1. The Bertz CT molecular complexity index is 1330. The van der Waals surface area contributed by atoms with Crippen molar-refractivity contribution >= 4 is 39.7 Å². The Morgan fingerprint density at radius 2 is 1.97 bits per heavy atom. The summed E-state index contributed by atoms with van der Waals surface area (Å²) in [5, 5.41) is 23.5. The Morgan fingerprint density at radius 1 is 1.12 bits per heavy atom. The van der Waals surface area contributed by atoms with Crippen molar-refractivity contribution in [1.82, 2.24) is 24.5 Å². The van der Waals surface area contributed by atoms with E-state index in [1.807, 2.05) is 35.9 Å². The maximum atomic E-state index is 8.87. The SMILES string of the molecule is C/C(=N\OCCO)c1ccc2nnc(Sc3ccc4ncc(N5CCN(C)CC5)cc4c3)n2c1. The number of pyridine rings is 2. The second-order valence-corrected chi connectivity index (χ2v) is 9.34. The van der Waals surface area contributed by atoms with Crippen LogP contribution in [0.2, 0.25) is 0 Å². The van der Waals surface area contributed by atoms with Crippen LogP contribution in [0.4, 0.5) is 5.69 Å². The molecule has 1 N–H and O–H groups in total. The zero-order valence-electron chi connectivity index (χ0n) is 19.3. The fourth-order valence-corrected chi connectivity index (χ4v) is 4.75. The highest BCUT2D eigenvalue weighted by Crippen LogP contribution is 2.30. The molecule has 0 atom stereocenters. The molecule has 176 valence electrons. The normalized spacial score (nSPS) is 15.4. The summed E-state index contributed by atoms with van der Waals surface area (Å²) in [5.74, 6) is 0. The number of likely N-dealkylation sites (N-methyl/N-ethyl adjacent to an activating group) is 1. The fraction of sp³-hybridized carbons (Fsp3) is 0.333. The molecule has 0 aliphatic carbocycles. The van der Waals surface area contributed by atoms with E-state index < -0.39 is 0 Å². The Labute approximate surface area is 202 Å². The van der Waals surface area contributed by atoms with Gasteiger partial charge in [0.15, 0.2) is 10.8 Å². The van der Waals surface area contributed by atoms with Gasteiger partial charge in [0.05, 0.1) is 29.7 Å². The molecule has 1 aromatic carbocycles. The van der Waals surface area contributed by atoms with Gasteiger partial charge in [-0.05, 0) is 62.1 Å². The number of hydrogen-bond donors (Lipinski definition) is 1. The molecule has 10 heteroatoms. The minimum Gasteiger partial charge on any atom is -0.393 e. The number of aromatic nitrogens is 4. The first kappa shape index (κ1) is 22.6. The molecule has 34 heavy (non-hydrogen) atoms. The largest absolute Gasteiger partial charge is 0.393 e. The number of anilines is 1. The number of oxime groups is 1. The van der Waals surface area contributed by atoms with E-state index in [1.54, 1.807) is 11.8 Å². The van der Waals surface area contributed by atoms with Crippen molar-refractivity contribution in [2.75, 3.05) is 51.3 Å². The Morgan fingerprint density at radius 3 is 2.79 bits per heavy atom. The molecular formula is C24H27N7O2S. The van der Waals surface area contributed by atoms with Crippen molar-refractivity contribution in [2.24, 2.45) is 5.16 Å². The molecular weight excluding hydrogens is 450 g/mol. The molecule has 0 unspecified atom stereocenters. The molecule has 4 aromatic rings. The molecule has 0 radical (unpaired) electrons. The Balaban J connectivity index is 1.40. The molecule has 0 amide bonds. The van der Waals surface area contributed by atoms with Crippen LogP contribution in [-0.4, -0.2) is 81.7 Å². The number of fused-ring (bicyclic) bond motifs is 2. The first-order valence-electron chi connectivity index (χ1n) is 11.2. The third-order valence-electron chi connectivity index (χ3n) is 5.89. The van der Waals surface area contributed by atoms with Gasteiger partial charge in [-0.15, -0.1) is 10.2 Å². The van der Waals surface area contributed by atoms with E-state index in [4.69, 9.17) is 9.94 Å². The maximum absolute atomic E-state index is 8.87. The summed E-state index contributed by atoms with van der Waals surface area (Å²) in [6, 6.07) is 12.3. The number of hydrogen-bond acceptors (Lipinski definition) is 9. The van der Waals surface area contributed by atoms with Gasteiger partial charge in [0, 0.05) is 48.2 Å². The lowest BCUT2D eigenvalue weighted by Crippen LogP contribution is -2.44. The summed E-state index contributed by atoms with van der Waals surface area (Å²) in [4.78, 5) is 15.6. The van der Waals surface area contributed by atoms with Crippen LogP contribution >= 0.6 is 11.8 Å². The molecule has 1 saturated heterocycles. The first-order chi connectivity index (χ1) is 16.6. The lowest BCUT2D eigenvalue weighted by molar-refractivity contribution is 0.0986. The van der Waals surface area contributed by atoms with Crippen LogP contribution in [0.15, 0.2) is 64.0 Å². The minimum atomic E-state index is -0.0693. The van der Waals surface area contributed by atoms with Crippen molar-refractivity contribution in [2.45, 2.75) is 17.0 Å². The van der Waals surface area contributed by atoms with Crippen molar-refractivity contribution in [3.8, 4) is 0 Å². The summed E-state index contributed by atoms with van der Waals surface area (Å²) < 4.78 is 1.95. The van der Waals surface area contributed by atoms with Gasteiger partial charge in [-0.25, -0.2) is 0 Å². The summed E-state index contributed by atoms with van der Waals surface area (Å²) in [6.07, 6.45) is 3.93. The molecule has 3 aromatic heterocycles. The number of nitrogens with zero attached hydrogens (tertiary/aromatic N) is 7. The van der Waals surface area contributed by atoms with E-state index in [0.29, 0.717) is 5.71 Å². The van der Waals surface area contributed by atoms with Crippen LogP contribution in [-0.2, 0) is 4.84 Å². The second kappa shape index (κ2) is 9.96. The van der Waals surface area contributed by atoms with Gasteiger partial charge in [0.2, 0.25) is 0 Å². The summed E-state index contributed by atoms with van der Waals surface area (Å²) in [5.41, 5.74) is 4.51. The zero-order chi connectivity index (χ0) is 23.5. The van der Waals surface area contributed by atoms with E-state index in [1.165, 1.54) is 5.69 Å². The fourth-order valence-electron chi connectivity index (χ4n) is 3.89. The van der Waals surface area contributed by atoms with Gasteiger partial charge in [0.1, 0.15) is 6.61 Å². The predicted octanol–water partition coefficient (Wildman–Crippen LogP) is 2.91. The van der Waals surface area contributed by atoms with Crippen LogP contribution in [0.25, 0.3) is 16.6 Å². The molecule has 1 fully saturated rings. The third kappa shape index (κ3) is 4.84. The third-order valence-corrected chi connectivity index (χ3v) is 6.84. The van der Waals surface area contributed by atoms with Crippen molar-refractivity contribution < 1.29 is 9.94 Å². The number of rotatable bonds is 7. The number of piperazine rings is 1. The van der Waals surface area contributed by atoms with Crippen molar-refractivity contribution in [3.63, 3.8) is 0 Å². The topological polar surface area (TPSA) is 91.4 Å². The van der Waals surface area contributed by atoms with Crippen LogP contribution in [0.1, 0.15) is 12.5 Å². The highest BCUT2D eigenvalue weighted by molar-refractivity contribution is 7.99.